The quantitative estimate of drug-likeness (QED) is 0.779. The molecule has 2 aliphatic heterocycles. The molecule has 0 aromatic heterocycles. The minimum Gasteiger partial charge on any atom is -0.376 e. The van der Waals surface area contributed by atoms with Crippen molar-refractivity contribution in [3.63, 3.8) is 0 Å². The summed E-state index contributed by atoms with van der Waals surface area (Å²) in [5.74, 6) is 0.594. The summed E-state index contributed by atoms with van der Waals surface area (Å²) in [6.07, 6.45) is 5.59. The molecule has 2 fully saturated rings. The highest BCUT2D eigenvalue weighted by atomic mass is 16.5. The third-order valence-corrected chi connectivity index (χ3v) is 4.60. The van der Waals surface area contributed by atoms with Crippen LogP contribution in [0.5, 0.6) is 0 Å². The highest BCUT2D eigenvalue weighted by Gasteiger charge is 2.23. The lowest BCUT2D eigenvalue weighted by molar-refractivity contribution is -0.135. The van der Waals surface area contributed by atoms with E-state index in [1.165, 1.54) is 19.3 Å². The molecule has 0 bridgehead atoms. The summed E-state index contributed by atoms with van der Waals surface area (Å²) in [4.78, 5) is 12.1. The second-order valence-electron chi connectivity index (χ2n) is 6.39. The van der Waals surface area contributed by atoms with Gasteiger partial charge in [-0.05, 0) is 51.5 Å². The molecule has 2 aliphatic rings. The van der Waals surface area contributed by atoms with E-state index in [9.17, 15) is 4.79 Å². The molecule has 5 nitrogen and oxygen atoms in total. The second kappa shape index (κ2) is 8.71. The van der Waals surface area contributed by atoms with Crippen LogP contribution in [0.2, 0.25) is 0 Å². The minimum absolute atomic E-state index is 0.0228. The number of piperidine rings is 1. The molecule has 0 aliphatic carbocycles. The fourth-order valence-electron chi connectivity index (χ4n) is 3.01. The van der Waals surface area contributed by atoms with E-state index >= 15 is 0 Å². The zero-order valence-electron chi connectivity index (χ0n) is 13.4. The first-order valence-electron chi connectivity index (χ1n) is 8.41. The zero-order chi connectivity index (χ0) is 15.1. The van der Waals surface area contributed by atoms with Crippen LogP contribution >= 0.6 is 0 Å². The van der Waals surface area contributed by atoms with E-state index in [1.807, 2.05) is 6.92 Å². The molecule has 2 rings (SSSR count). The molecular formula is C16H30N2O3. The van der Waals surface area contributed by atoms with E-state index in [2.05, 4.69) is 17.6 Å². The average Bonchev–Trinajstić information content (AvgIpc) is 2.52. The van der Waals surface area contributed by atoms with Gasteiger partial charge in [-0.2, -0.15) is 0 Å². The third kappa shape index (κ3) is 5.57. The molecule has 0 aromatic rings. The molecule has 2 N–H and O–H groups in total. The van der Waals surface area contributed by atoms with Crippen molar-refractivity contribution in [2.45, 2.75) is 64.2 Å². The van der Waals surface area contributed by atoms with Crippen LogP contribution in [0.4, 0.5) is 0 Å². The number of hydrogen-bond donors (Lipinski definition) is 2. The molecule has 2 heterocycles. The van der Waals surface area contributed by atoms with Crippen LogP contribution in [0.3, 0.4) is 0 Å². The maximum absolute atomic E-state index is 12.1. The molecule has 2 saturated heterocycles. The third-order valence-electron chi connectivity index (χ3n) is 4.60. The van der Waals surface area contributed by atoms with Crippen LogP contribution in [0, 0.1) is 5.92 Å². The predicted molar refractivity (Wildman–Crippen MR) is 82.2 cm³/mol. The summed E-state index contributed by atoms with van der Waals surface area (Å²) >= 11 is 0. The second-order valence-corrected chi connectivity index (χ2v) is 6.39. The van der Waals surface area contributed by atoms with Gasteiger partial charge in [0.25, 0.3) is 0 Å². The summed E-state index contributed by atoms with van der Waals surface area (Å²) in [5, 5.41) is 6.47. The first-order chi connectivity index (χ1) is 10.2. The smallest absolute Gasteiger partial charge is 0.248 e. The predicted octanol–water partition coefficient (Wildman–Crippen LogP) is 1.46. The van der Waals surface area contributed by atoms with Crippen LogP contribution in [-0.2, 0) is 14.3 Å². The molecule has 0 aromatic carbocycles. The van der Waals surface area contributed by atoms with Crippen LogP contribution in [0.1, 0.15) is 46.0 Å². The first-order valence-corrected chi connectivity index (χ1v) is 8.41. The lowest BCUT2D eigenvalue weighted by Crippen LogP contribution is -2.49. The number of nitrogens with one attached hydrogen (secondary N) is 2. The molecule has 0 radical (unpaired) electrons. The zero-order valence-corrected chi connectivity index (χ0v) is 13.4. The SMILES string of the molecule is CC(OCC1CCCCO1)C(=O)NCC1NCCCC1C. The highest BCUT2D eigenvalue weighted by molar-refractivity contribution is 5.80. The van der Waals surface area contributed by atoms with Crippen molar-refractivity contribution >= 4 is 5.91 Å². The van der Waals surface area contributed by atoms with Gasteiger partial charge in [0.15, 0.2) is 0 Å². The van der Waals surface area contributed by atoms with Crippen molar-refractivity contribution < 1.29 is 14.3 Å². The van der Waals surface area contributed by atoms with E-state index in [1.54, 1.807) is 0 Å². The number of amides is 1. The summed E-state index contributed by atoms with van der Waals surface area (Å²) < 4.78 is 11.3. The van der Waals surface area contributed by atoms with E-state index in [4.69, 9.17) is 9.47 Å². The van der Waals surface area contributed by atoms with Crippen LogP contribution in [0.15, 0.2) is 0 Å². The molecule has 5 heteroatoms. The van der Waals surface area contributed by atoms with Crippen LogP contribution in [0.25, 0.3) is 0 Å². The Bertz CT molecular complexity index is 319. The van der Waals surface area contributed by atoms with Gasteiger partial charge in [0.1, 0.15) is 6.10 Å². The van der Waals surface area contributed by atoms with Gasteiger partial charge in [0, 0.05) is 19.2 Å². The van der Waals surface area contributed by atoms with E-state index in [-0.39, 0.29) is 12.0 Å². The molecule has 122 valence electrons. The van der Waals surface area contributed by atoms with Crippen LogP contribution in [-0.4, -0.2) is 50.5 Å². The maximum Gasteiger partial charge on any atom is 0.248 e. The van der Waals surface area contributed by atoms with Gasteiger partial charge in [-0.25, -0.2) is 0 Å². The topological polar surface area (TPSA) is 59.6 Å². The van der Waals surface area contributed by atoms with Gasteiger partial charge < -0.3 is 20.1 Å². The Morgan fingerprint density at radius 2 is 2.24 bits per heavy atom. The number of hydrogen-bond acceptors (Lipinski definition) is 4. The summed E-state index contributed by atoms with van der Waals surface area (Å²) in [7, 11) is 0. The lowest BCUT2D eigenvalue weighted by atomic mass is 9.93. The molecule has 21 heavy (non-hydrogen) atoms. The first kappa shape index (κ1) is 16.7. The Balaban J connectivity index is 1.62. The van der Waals surface area contributed by atoms with E-state index in [0.29, 0.717) is 25.1 Å². The molecule has 4 unspecified atom stereocenters. The number of carbonyl (C=O) groups excluding carboxylic acids is 1. The molecule has 4 atom stereocenters. The summed E-state index contributed by atoms with van der Waals surface area (Å²) in [6, 6.07) is 0.386. The molecular weight excluding hydrogens is 268 g/mol. The normalized spacial score (nSPS) is 31.6. The van der Waals surface area contributed by atoms with Crippen molar-refractivity contribution in [3.8, 4) is 0 Å². The maximum atomic E-state index is 12.1. The van der Waals surface area contributed by atoms with Gasteiger partial charge in [-0.15, -0.1) is 0 Å². The number of rotatable bonds is 6. The van der Waals surface area contributed by atoms with Gasteiger partial charge in [-0.3, -0.25) is 4.79 Å². The minimum atomic E-state index is -0.408. The highest BCUT2D eigenvalue weighted by Crippen LogP contribution is 2.15. The van der Waals surface area contributed by atoms with Gasteiger partial charge >= 0.3 is 0 Å². The van der Waals surface area contributed by atoms with Crippen LogP contribution < -0.4 is 10.6 Å². The number of ether oxygens (including phenoxy) is 2. The van der Waals surface area contributed by atoms with Gasteiger partial charge in [0.05, 0.1) is 12.7 Å². The molecule has 0 saturated carbocycles. The Labute approximate surface area is 128 Å². The fourth-order valence-corrected chi connectivity index (χ4v) is 3.01. The van der Waals surface area contributed by atoms with Gasteiger partial charge in [-0.1, -0.05) is 6.92 Å². The lowest BCUT2D eigenvalue weighted by Gasteiger charge is -2.30. The summed E-state index contributed by atoms with van der Waals surface area (Å²) in [5.41, 5.74) is 0. The van der Waals surface area contributed by atoms with Crippen molar-refractivity contribution in [2.24, 2.45) is 5.92 Å². The standard InChI is InChI=1S/C16H30N2O3/c1-12-6-5-8-17-15(12)10-18-16(19)13(2)21-11-14-7-3-4-9-20-14/h12-15,17H,3-11H2,1-2H3,(H,18,19). The monoisotopic (exact) mass is 298 g/mol. The number of carbonyl (C=O) groups is 1. The Morgan fingerprint density at radius 3 is 2.95 bits per heavy atom. The van der Waals surface area contributed by atoms with Crippen molar-refractivity contribution in [1.82, 2.24) is 10.6 Å². The molecule has 1 amide bonds. The Morgan fingerprint density at radius 1 is 1.38 bits per heavy atom. The Kier molecular flexibility index (Phi) is 6.93. The molecule has 0 spiro atoms. The van der Waals surface area contributed by atoms with E-state index in [0.717, 1.165) is 26.0 Å². The average molecular weight is 298 g/mol. The fraction of sp³-hybridized carbons (Fsp3) is 0.938. The largest absolute Gasteiger partial charge is 0.376 e. The Hall–Kier alpha value is -0.650. The van der Waals surface area contributed by atoms with Gasteiger partial charge in [0.2, 0.25) is 5.91 Å². The van der Waals surface area contributed by atoms with Crippen molar-refractivity contribution in [3.05, 3.63) is 0 Å². The summed E-state index contributed by atoms with van der Waals surface area (Å²) in [6.45, 7) is 7.13. The van der Waals surface area contributed by atoms with E-state index < -0.39 is 6.10 Å². The van der Waals surface area contributed by atoms with Crippen molar-refractivity contribution in [2.75, 3.05) is 26.3 Å². The van der Waals surface area contributed by atoms with Crippen molar-refractivity contribution in [1.29, 1.82) is 0 Å².